The maximum Gasteiger partial charge on any atom is 0.416 e. The standard InChI is InChI=1S/C28H34F3N3O5/c1-3-24(27(37)38-4-2)39-21-12-10-18(11-13-21)17-33-25(35)23-9-6-14-34(23)26(36)22(32)16-19-7-5-8-20(15-19)28(29,30)31/h5,7-8,10-13,15,22-24H,3-4,6,9,14,16-17,32H2,1-2H3,(H,33,35)/t22-,23-,24?/m0/s1. The van der Waals surface area contributed by atoms with Crippen molar-refractivity contribution >= 4 is 17.8 Å². The number of ether oxygens (including phenoxy) is 2. The topological polar surface area (TPSA) is 111 Å². The third kappa shape index (κ3) is 8.19. The van der Waals surface area contributed by atoms with Crippen LogP contribution in [0.1, 0.15) is 49.8 Å². The minimum atomic E-state index is -4.49. The van der Waals surface area contributed by atoms with Gasteiger partial charge in [0.2, 0.25) is 11.8 Å². The van der Waals surface area contributed by atoms with E-state index in [0.29, 0.717) is 37.1 Å². The maximum atomic E-state index is 13.0. The SMILES string of the molecule is CCOC(=O)C(CC)Oc1ccc(CNC(=O)[C@@H]2CCCN2C(=O)[C@@H](N)Cc2cccc(C(F)(F)F)c2)cc1. The Morgan fingerprint density at radius 2 is 1.82 bits per heavy atom. The predicted molar refractivity (Wildman–Crippen MR) is 137 cm³/mol. The van der Waals surface area contributed by atoms with Crippen molar-refractivity contribution in [2.24, 2.45) is 5.73 Å². The minimum Gasteiger partial charge on any atom is -0.479 e. The Morgan fingerprint density at radius 3 is 2.46 bits per heavy atom. The summed E-state index contributed by atoms with van der Waals surface area (Å²) in [4.78, 5) is 39.3. The predicted octanol–water partition coefficient (Wildman–Crippen LogP) is 3.60. The van der Waals surface area contributed by atoms with Gasteiger partial charge in [-0.2, -0.15) is 13.2 Å². The number of hydrogen-bond donors (Lipinski definition) is 2. The van der Waals surface area contributed by atoms with E-state index in [1.165, 1.54) is 17.0 Å². The van der Waals surface area contributed by atoms with Gasteiger partial charge in [0.1, 0.15) is 11.8 Å². The number of carbonyl (C=O) groups is 3. The van der Waals surface area contributed by atoms with Gasteiger partial charge in [0.15, 0.2) is 6.10 Å². The van der Waals surface area contributed by atoms with Crippen LogP contribution in [0.4, 0.5) is 13.2 Å². The normalized spacial score (nSPS) is 16.9. The van der Waals surface area contributed by atoms with Gasteiger partial charge in [-0.1, -0.05) is 37.3 Å². The number of benzene rings is 2. The zero-order chi connectivity index (χ0) is 28.6. The fraction of sp³-hybridized carbons (Fsp3) is 0.464. The van der Waals surface area contributed by atoms with Crippen molar-refractivity contribution in [2.45, 2.75) is 70.4 Å². The molecule has 212 valence electrons. The van der Waals surface area contributed by atoms with Crippen molar-refractivity contribution in [3.63, 3.8) is 0 Å². The Bertz CT molecular complexity index is 1140. The Hall–Kier alpha value is -3.60. The molecule has 1 heterocycles. The number of halogens is 3. The first kappa shape index (κ1) is 29.9. The number of rotatable bonds is 11. The Labute approximate surface area is 225 Å². The molecule has 39 heavy (non-hydrogen) atoms. The van der Waals surface area contributed by atoms with Crippen molar-refractivity contribution in [2.75, 3.05) is 13.2 Å². The first-order chi connectivity index (χ1) is 18.5. The third-order valence-corrected chi connectivity index (χ3v) is 6.45. The second kappa shape index (κ2) is 13.5. The van der Waals surface area contributed by atoms with Crippen LogP contribution in [0.15, 0.2) is 48.5 Å². The maximum absolute atomic E-state index is 13.0. The molecule has 11 heteroatoms. The van der Waals surface area contributed by atoms with Crippen LogP contribution in [-0.2, 0) is 38.3 Å². The molecule has 1 aliphatic rings. The summed E-state index contributed by atoms with van der Waals surface area (Å²) in [5.41, 5.74) is 6.35. The van der Waals surface area contributed by atoms with E-state index in [9.17, 15) is 27.6 Å². The average molecular weight is 550 g/mol. The quantitative estimate of drug-likeness (QED) is 0.415. The first-order valence-corrected chi connectivity index (χ1v) is 13.0. The molecule has 0 bridgehead atoms. The lowest BCUT2D eigenvalue weighted by Gasteiger charge is -2.27. The summed E-state index contributed by atoms with van der Waals surface area (Å²) in [6.45, 7) is 4.37. The molecular weight excluding hydrogens is 515 g/mol. The highest BCUT2D eigenvalue weighted by Gasteiger charge is 2.36. The van der Waals surface area contributed by atoms with Gasteiger partial charge in [-0.3, -0.25) is 9.59 Å². The number of nitrogens with zero attached hydrogens (tertiary/aromatic N) is 1. The summed E-state index contributed by atoms with van der Waals surface area (Å²) in [6, 6.07) is 9.85. The zero-order valence-electron chi connectivity index (χ0n) is 22.0. The van der Waals surface area contributed by atoms with Gasteiger partial charge in [0, 0.05) is 13.1 Å². The molecule has 0 aliphatic carbocycles. The summed E-state index contributed by atoms with van der Waals surface area (Å²) >= 11 is 0. The van der Waals surface area contributed by atoms with Crippen molar-refractivity contribution in [3.05, 3.63) is 65.2 Å². The fourth-order valence-corrected chi connectivity index (χ4v) is 4.42. The lowest BCUT2D eigenvalue weighted by Crippen LogP contribution is -2.51. The van der Waals surface area contributed by atoms with Crippen molar-refractivity contribution in [3.8, 4) is 5.75 Å². The van der Waals surface area contributed by atoms with E-state index in [4.69, 9.17) is 15.2 Å². The molecule has 1 saturated heterocycles. The Morgan fingerprint density at radius 1 is 1.10 bits per heavy atom. The number of nitrogens with two attached hydrogens (primary N) is 1. The molecule has 1 fully saturated rings. The molecule has 3 N–H and O–H groups in total. The van der Waals surface area contributed by atoms with Crippen molar-refractivity contribution in [1.82, 2.24) is 10.2 Å². The van der Waals surface area contributed by atoms with Gasteiger partial charge in [-0.05, 0) is 61.9 Å². The second-order valence-corrected chi connectivity index (χ2v) is 9.33. The van der Waals surface area contributed by atoms with E-state index >= 15 is 0 Å². The Balaban J connectivity index is 1.54. The van der Waals surface area contributed by atoms with Crippen molar-refractivity contribution < 1.29 is 37.0 Å². The molecule has 2 amide bonds. The van der Waals surface area contributed by atoms with E-state index in [1.54, 1.807) is 31.2 Å². The van der Waals surface area contributed by atoms with Gasteiger partial charge >= 0.3 is 12.1 Å². The van der Waals surface area contributed by atoms with Gasteiger partial charge in [-0.25, -0.2) is 4.79 Å². The van der Waals surface area contributed by atoms with Gasteiger partial charge in [0.05, 0.1) is 18.2 Å². The van der Waals surface area contributed by atoms with E-state index < -0.39 is 41.8 Å². The van der Waals surface area contributed by atoms with Gasteiger partial charge < -0.3 is 25.4 Å². The van der Waals surface area contributed by atoms with Crippen molar-refractivity contribution in [1.29, 1.82) is 0 Å². The van der Waals surface area contributed by atoms with Crippen LogP contribution in [0.2, 0.25) is 0 Å². The molecule has 0 radical (unpaired) electrons. The molecule has 0 spiro atoms. The summed E-state index contributed by atoms with van der Waals surface area (Å²) in [5.74, 6) is -0.742. The highest BCUT2D eigenvalue weighted by atomic mass is 19.4. The van der Waals surface area contributed by atoms with E-state index in [-0.39, 0.29) is 25.5 Å². The molecular formula is C28H34F3N3O5. The number of nitrogens with one attached hydrogen (secondary N) is 1. The highest BCUT2D eigenvalue weighted by molar-refractivity contribution is 5.90. The summed E-state index contributed by atoms with van der Waals surface area (Å²) in [5, 5.41) is 2.83. The van der Waals surface area contributed by atoms with Gasteiger partial charge in [-0.15, -0.1) is 0 Å². The lowest BCUT2D eigenvalue weighted by atomic mass is 10.0. The molecule has 3 atom stereocenters. The monoisotopic (exact) mass is 549 g/mol. The van der Waals surface area contributed by atoms with Crippen LogP contribution >= 0.6 is 0 Å². The number of carbonyl (C=O) groups excluding carboxylic acids is 3. The Kier molecular flexibility index (Phi) is 10.3. The van der Waals surface area contributed by atoms with E-state index in [0.717, 1.165) is 17.7 Å². The number of alkyl halides is 3. The molecule has 1 aliphatic heterocycles. The smallest absolute Gasteiger partial charge is 0.416 e. The molecule has 3 rings (SSSR count). The number of esters is 1. The number of hydrogen-bond acceptors (Lipinski definition) is 6. The van der Waals surface area contributed by atoms with Gasteiger partial charge in [0.25, 0.3) is 0 Å². The van der Waals surface area contributed by atoms with Crippen LogP contribution in [0.3, 0.4) is 0 Å². The van der Waals surface area contributed by atoms with Crippen LogP contribution in [0, 0.1) is 0 Å². The van der Waals surface area contributed by atoms with Crippen LogP contribution < -0.4 is 15.8 Å². The van der Waals surface area contributed by atoms with E-state index in [1.807, 2.05) is 6.92 Å². The summed E-state index contributed by atoms with van der Waals surface area (Å²) < 4.78 is 49.7. The molecule has 0 aromatic heterocycles. The molecule has 8 nitrogen and oxygen atoms in total. The lowest BCUT2D eigenvalue weighted by molar-refractivity contribution is -0.151. The minimum absolute atomic E-state index is 0.0724. The number of likely N-dealkylation sites (tertiary alicyclic amines) is 1. The summed E-state index contributed by atoms with van der Waals surface area (Å²) in [7, 11) is 0. The van der Waals surface area contributed by atoms with E-state index in [2.05, 4.69) is 5.32 Å². The average Bonchev–Trinajstić information content (AvgIpc) is 3.40. The highest BCUT2D eigenvalue weighted by Crippen LogP contribution is 2.30. The molecule has 2 aromatic rings. The number of amides is 2. The second-order valence-electron chi connectivity index (χ2n) is 9.33. The first-order valence-electron chi connectivity index (χ1n) is 13.0. The largest absolute Gasteiger partial charge is 0.479 e. The van der Waals surface area contributed by atoms with Crippen LogP contribution in [0.5, 0.6) is 5.75 Å². The molecule has 1 unspecified atom stereocenters. The molecule has 2 aromatic carbocycles. The fourth-order valence-electron chi connectivity index (χ4n) is 4.42. The van der Waals surface area contributed by atoms with Crippen LogP contribution in [-0.4, -0.2) is 54.0 Å². The third-order valence-electron chi connectivity index (χ3n) is 6.45. The summed E-state index contributed by atoms with van der Waals surface area (Å²) in [6.07, 6.45) is -3.73. The zero-order valence-corrected chi connectivity index (χ0v) is 22.0. The van der Waals surface area contributed by atoms with Crippen LogP contribution in [0.25, 0.3) is 0 Å². The molecule has 0 saturated carbocycles.